The van der Waals surface area contributed by atoms with Crippen molar-refractivity contribution in [2.24, 2.45) is 0 Å². The van der Waals surface area contributed by atoms with Crippen LogP contribution in [0.25, 0.3) is 6.08 Å². The molecule has 0 aliphatic carbocycles. The molecule has 1 fully saturated rings. The summed E-state index contributed by atoms with van der Waals surface area (Å²) < 4.78 is 5.97. The number of carbonyl (C=O) groups excluding carboxylic acids is 1. The normalized spacial score (nSPS) is 18.3. The first-order chi connectivity index (χ1) is 15.2. The van der Waals surface area contributed by atoms with Crippen molar-refractivity contribution in [2.45, 2.75) is 13.1 Å². The van der Waals surface area contributed by atoms with E-state index < -0.39 is 0 Å². The summed E-state index contributed by atoms with van der Waals surface area (Å²) in [6, 6.07) is 17.7. The largest absolute Gasteiger partial charge is 0.507 e. The monoisotopic (exact) mass is 432 g/mol. The molecule has 5 rings (SSSR count). The smallest absolute Gasteiger partial charge is 0.232 e. The number of ketones is 1. The second-order valence-electron chi connectivity index (χ2n) is 7.93. The SMILES string of the molecule is O=C1/C(=C/c2cccs2)Oc2c1ccc(O)c2CN1CCN(Cc2ccccc2)CC1. The minimum atomic E-state index is -0.127. The number of phenolic OH excluding ortho intramolecular Hbond substituents is 1. The molecule has 3 aromatic rings. The van der Waals surface area contributed by atoms with Crippen LogP contribution in [0.15, 0.2) is 65.7 Å². The van der Waals surface area contributed by atoms with Crippen molar-refractivity contribution in [2.75, 3.05) is 26.2 Å². The number of fused-ring (bicyclic) bond motifs is 1. The number of rotatable bonds is 5. The van der Waals surface area contributed by atoms with Crippen LogP contribution in [0.5, 0.6) is 11.5 Å². The molecule has 0 bridgehead atoms. The van der Waals surface area contributed by atoms with Gasteiger partial charge in [0, 0.05) is 50.2 Å². The summed E-state index contributed by atoms with van der Waals surface area (Å²) in [6.07, 6.45) is 1.77. The molecule has 2 aliphatic rings. The molecular formula is C25H24N2O3S. The second kappa shape index (κ2) is 8.67. The zero-order chi connectivity index (χ0) is 21.2. The first-order valence-electron chi connectivity index (χ1n) is 10.5. The van der Waals surface area contributed by atoms with E-state index in [1.54, 1.807) is 29.5 Å². The Morgan fingerprint density at radius 3 is 2.39 bits per heavy atom. The van der Waals surface area contributed by atoms with E-state index in [9.17, 15) is 9.90 Å². The van der Waals surface area contributed by atoms with Crippen LogP contribution in [0.3, 0.4) is 0 Å². The van der Waals surface area contributed by atoms with Crippen LogP contribution < -0.4 is 4.74 Å². The first-order valence-corrected chi connectivity index (χ1v) is 11.4. The van der Waals surface area contributed by atoms with Crippen molar-refractivity contribution in [3.8, 4) is 11.5 Å². The third kappa shape index (κ3) is 4.28. The lowest BCUT2D eigenvalue weighted by atomic mass is 10.0. The van der Waals surface area contributed by atoms with Crippen LogP contribution in [-0.2, 0) is 13.1 Å². The number of hydrogen-bond donors (Lipinski definition) is 1. The van der Waals surface area contributed by atoms with E-state index in [2.05, 4.69) is 34.1 Å². The van der Waals surface area contributed by atoms with Gasteiger partial charge in [-0.05, 0) is 29.1 Å². The lowest BCUT2D eigenvalue weighted by Crippen LogP contribution is -2.45. The molecule has 0 saturated carbocycles. The summed E-state index contributed by atoms with van der Waals surface area (Å²) in [5.74, 6) is 0.865. The number of phenols is 1. The number of thiophene rings is 1. The maximum absolute atomic E-state index is 12.8. The Bertz CT molecular complexity index is 1100. The maximum Gasteiger partial charge on any atom is 0.232 e. The van der Waals surface area contributed by atoms with Crippen LogP contribution in [0.4, 0.5) is 0 Å². The molecule has 0 radical (unpaired) electrons. The van der Waals surface area contributed by atoms with Gasteiger partial charge in [0.25, 0.3) is 0 Å². The quantitative estimate of drug-likeness (QED) is 0.606. The molecule has 0 amide bonds. The van der Waals surface area contributed by atoms with E-state index in [1.165, 1.54) is 5.56 Å². The number of Topliss-reactive ketones (excluding diaryl/α,β-unsaturated/α-hetero) is 1. The molecule has 0 unspecified atom stereocenters. The third-order valence-electron chi connectivity index (χ3n) is 5.83. The number of hydrogen-bond acceptors (Lipinski definition) is 6. The van der Waals surface area contributed by atoms with Gasteiger partial charge in [-0.3, -0.25) is 14.6 Å². The molecule has 0 atom stereocenters. The summed E-state index contributed by atoms with van der Waals surface area (Å²) in [4.78, 5) is 18.5. The van der Waals surface area contributed by atoms with Gasteiger partial charge >= 0.3 is 0 Å². The molecule has 31 heavy (non-hydrogen) atoms. The number of allylic oxidation sites excluding steroid dienone is 1. The number of nitrogens with zero attached hydrogens (tertiary/aromatic N) is 2. The minimum Gasteiger partial charge on any atom is -0.507 e. The number of aromatic hydroxyl groups is 1. The molecule has 6 heteroatoms. The Kier molecular flexibility index (Phi) is 5.59. The van der Waals surface area contributed by atoms with E-state index in [-0.39, 0.29) is 11.5 Å². The molecule has 0 spiro atoms. The third-order valence-corrected chi connectivity index (χ3v) is 6.65. The van der Waals surface area contributed by atoms with E-state index in [4.69, 9.17) is 4.74 Å². The van der Waals surface area contributed by atoms with Gasteiger partial charge < -0.3 is 9.84 Å². The molecule has 5 nitrogen and oxygen atoms in total. The summed E-state index contributed by atoms with van der Waals surface area (Å²) in [7, 11) is 0. The molecule has 2 aromatic carbocycles. The van der Waals surface area contributed by atoms with Gasteiger partial charge in [-0.15, -0.1) is 11.3 Å². The van der Waals surface area contributed by atoms with Gasteiger partial charge in [0.2, 0.25) is 5.78 Å². The molecule has 3 heterocycles. The van der Waals surface area contributed by atoms with Gasteiger partial charge in [0.05, 0.1) is 11.1 Å². The topological polar surface area (TPSA) is 53.0 Å². The Morgan fingerprint density at radius 2 is 1.68 bits per heavy atom. The van der Waals surface area contributed by atoms with Crippen LogP contribution in [0.1, 0.15) is 26.4 Å². The van der Waals surface area contributed by atoms with Gasteiger partial charge in [-0.2, -0.15) is 0 Å². The number of ether oxygens (including phenoxy) is 1. The average molecular weight is 433 g/mol. The van der Waals surface area contributed by atoms with Crippen molar-refractivity contribution < 1.29 is 14.6 Å². The van der Waals surface area contributed by atoms with Crippen molar-refractivity contribution in [3.05, 3.63) is 87.3 Å². The highest BCUT2D eigenvalue weighted by atomic mass is 32.1. The van der Waals surface area contributed by atoms with Gasteiger partial charge in [0.15, 0.2) is 5.76 Å². The molecular weight excluding hydrogens is 408 g/mol. The summed E-state index contributed by atoms with van der Waals surface area (Å²) >= 11 is 1.56. The van der Waals surface area contributed by atoms with Crippen molar-refractivity contribution in [1.29, 1.82) is 0 Å². The zero-order valence-electron chi connectivity index (χ0n) is 17.2. The standard InChI is InChI=1S/C25H24N2O3S/c28-22-9-8-20-24(29)23(15-19-7-4-14-31-19)30-25(20)21(22)17-27-12-10-26(11-13-27)16-18-5-2-1-3-6-18/h1-9,14-15,28H,10-13,16-17H2/b23-15-. The van der Waals surface area contributed by atoms with E-state index in [0.29, 0.717) is 29.2 Å². The summed E-state index contributed by atoms with van der Waals surface area (Å²) in [6.45, 7) is 5.26. The van der Waals surface area contributed by atoms with Crippen LogP contribution in [0.2, 0.25) is 0 Å². The maximum atomic E-state index is 12.8. The minimum absolute atomic E-state index is 0.127. The summed E-state index contributed by atoms with van der Waals surface area (Å²) in [5.41, 5.74) is 2.54. The fraction of sp³-hybridized carbons (Fsp3) is 0.240. The lowest BCUT2D eigenvalue weighted by Gasteiger charge is -2.35. The fourth-order valence-electron chi connectivity index (χ4n) is 4.12. The van der Waals surface area contributed by atoms with Crippen LogP contribution in [0, 0.1) is 0 Å². The lowest BCUT2D eigenvalue weighted by molar-refractivity contribution is 0.101. The Labute approximate surface area is 185 Å². The number of benzene rings is 2. The van der Waals surface area contributed by atoms with Gasteiger partial charge in [0.1, 0.15) is 11.5 Å². The molecule has 158 valence electrons. The van der Waals surface area contributed by atoms with E-state index in [1.807, 2.05) is 23.6 Å². The van der Waals surface area contributed by atoms with Gasteiger partial charge in [-0.1, -0.05) is 36.4 Å². The highest BCUT2D eigenvalue weighted by Gasteiger charge is 2.32. The predicted molar refractivity (Wildman–Crippen MR) is 122 cm³/mol. The second-order valence-corrected chi connectivity index (χ2v) is 8.91. The highest BCUT2D eigenvalue weighted by molar-refractivity contribution is 7.10. The van der Waals surface area contributed by atoms with Crippen molar-refractivity contribution in [1.82, 2.24) is 9.80 Å². The molecule has 1 N–H and O–H groups in total. The van der Waals surface area contributed by atoms with Crippen LogP contribution >= 0.6 is 11.3 Å². The predicted octanol–water partition coefficient (Wildman–Crippen LogP) is 4.39. The average Bonchev–Trinajstić information content (AvgIpc) is 3.41. The molecule has 1 saturated heterocycles. The number of piperazine rings is 1. The molecule has 1 aromatic heterocycles. The number of carbonyl (C=O) groups is 1. The Morgan fingerprint density at radius 1 is 0.935 bits per heavy atom. The summed E-state index contributed by atoms with van der Waals surface area (Å²) in [5, 5.41) is 12.5. The van der Waals surface area contributed by atoms with Crippen LogP contribution in [-0.4, -0.2) is 46.9 Å². The Hall–Kier alpha value is -2.93. The molecule has 2 aliphatic heterocycles. The zero-order valence-corrected chi connectivity index (χ0v) is 18.0. The van der Waals surface area contributed by atoms with Crippen molar-refractivity contribution in [3.63, 3.8) is 0 Å². The van der Waals surface area contributed by atoms with E-state index in [0.717, 1.165) is 37.6 Å². The first kappa shape index (κ1) is 20.0. The van der Waals surface area contributed by atoms with Gasteiger partial charge in [-0.25, -0.2) is 0 Å². The van der Waals surface area contributed by atoms with Crippen molar-refractivity contribution >= 4 is 23.2 Å². The Balaban J connectivity index is 1.28. The van der Waals surface area contributed by atoms with E-state index >= 15 is 0 Å². The fourth-order valence-corrected chi connectivity index (χ4v) is 4.77. The highest BCUT2D eigenvalue weighted by Crippen LogP contribution is 2.40.